The molecule has 56 heavy (non-hydrogen) atoms. The molecule has 9 heteroatoms. The average Bonchev–Trinajstić information content (AvgIpc) is 3.86. The number of aliphatic hydroxyl groups is 1. The summed E-state index contributed by atoms with van der Waals surface area (Å²) in [6.07, 6.45) is 15.1. The predicted molar refractivity (Wildman–Crippen MR) is 219 cm³/mol. The first-order chi connectivity index (χ1) is 27.0. The number of aromatic nitrogens is 1. The molecule has 2 aliphatic carbocycles. The molecule has 1 saturated carbocycles. The minimum Gasteiger partial charge on any atom is -0.508 e. The van der Waals surface area contributed by atoms with Gasteiger partial charge in [-0.3, -0.25) is 9.59 Å². The molecule has 2 atom stereocenters. The number of ether oxygens (including phenoxy) is 1. The van der Waals surface area contributed by atoms with Gasteiger partial charge in [-0.25, -0.2) is 0 Å². The fourth-order valence-corrected chi connectivity index (χ4v) is 8.18. The average molecular weight is 758 g/mol. The number of benzene rings is 3. The van der Waals surface area contributed by atoms with Gasteiger partial charge in [0.2, 0.25) is 0 Å². The third-order valence-corrected chi connectivity index (χ3v) is 11.4. The lowest BCUT2D eigenvalue weighted by molar-refractivity contribution is -0.114. The molecule has 0 spiro atoms. The number of carbonyl (C=O) groups excluding carboxylic acids is 2. The maximum atomic E-state index is 13.7. The van der Waals surface area contributed by atoms with Crippen molar-refractivity contribution in [3.05, 3.63) is 124 Å². The molecule has 0 saturated heterocycles. The van der Waals surface area contributed by atoms with Gasteiger partial charge in [0.05, 0.1) is 25.3 Å². The summed E-state index contributed by atoms with van der Waals surface area (Å²) in [7, 11) is 0. The number of ketones is 2. The molecule has 1 fully saturated rings. The van der Waals surface area contributed by atoms with Crippen LogP contribution in [0.1, 0.15) is 133 Å². The first-order valence-electron chi connectivity index (χ1n) is 20.0. The maximum Gasteiger partial charge on any atom is 0.165 e. The third kappa shape index (κ3) is 10.4. The summed E-state index contributed by atoms with van der Waals surface area (Å²) in [6.45, 7) is 2.08. The molecule has 3 aromatic carbocycles. The largest absolute Gasteiger partial charge is 0.508 e. The summed E-state index contributed by atoms with van der Waals surface area (Å²) in [4.78, 5) is 29.8. The summed E-state index contributed by atoms with van der Waals surface area (Å²) in [5.41, 5.74) is 18.0. The second kappa shape index (κ2) is 18.7. The van der Waals surface area contributed by atoms with Crippen LogP contribution in [0.4, 0.5) is 0 Å². The summed E-state index contributed by atoms with van der Waals surface area (Å²) in [6, 6.07) is 17.9. The van der Waals surface area contributed by atoms with Crippen LogP contribution < -0.4 is 16.2 Å². The third-order valence-electron chi connectivity index (χ3n) is 11.4. The van der Waals surface area contributed by atoms with Crippen molar-refractivity contribution in [3.63, 3.8) is 0 Å². The molecule has 6 rings (SSSR count). The molecular formula is C47H55N3O6. The lowest BCUT2D eigenvalue weighted by Crippen LogP contribution is -2.20. The van der Waals surface area contributed by atoms with Crippen LogP contribution in [0.5, 0.6) is 17.2 Å². The highest BCUT2D eigenvalue weighted by molar-refractivity contribution is 5.98. The van der Waals surface area contributed by atoms with E-state index in [0.29, 0.717) is 48.1 Å². The quantitative estimate of drug-likeness (QED) is 0.0291. The van der Waals surface area contributed by atoms with Crippen molar-refractivity contribution in [2.45, 2.75) is 109 Å². The van der Waals surface area contributed by atoms with E-state index in [1.165, 1.54) is 12.8 Å². The standard InChI is InChI=1S/C47H55N3O6/c1-31(51)7-2-3-21-47(22-4-5-23-47)24-18-36(52)14-10-32-12-17-43(54)45(28-32)56-26-20-33-11-16-42(53)40(27-33)39-30-44(55)38-19-25-50-41(38)9-6-8-34-29-35(46(48)49)13-15-37(34)39/h11-13,15-19,24-25,27-29,31,39,46,50-51,53-54H,2-5,7,9-10,14,20-23,26,30,48-49H2,1H3. The number of nitrogens with two attached hydrogens (primary N) is 2. The highest BCUT2D eigenvalue weighted by Crippen LogP contribution is 2.44. The molecule has 9 nitrogen and oxygen atoms in total. The molecule has 2 unspecified atom stereocenters. The number of allylic oxidation sites excluding steroid dienone is 2. The molecule has 0 radical (unpaired) electrons. The van der Waals surface area contributed by atoms with Crippen LogP contribution in [0.15, 0.2) is 79.0 Å². The molecule has 2 aliphatic rings. The summed E-state index contributed by atoms with van der Waals surface area (Å²) in [5.74, 6) is 6.41. The molecule has 0 bridgehead atoms. The molecule has 0 aliphatic heterocycles. The van der Waals surface area contributed by atoms with E-state index in [-0.39, 0.29) is 47.6 Å². The number of phenols is 2. The van der Waals surface area contributed by atoms with Crippen molar-refractivity contribution in [3.8, 4) is 29.1 Å². The minimum atomic E-state index is -0.689. The Kier molecular flexibility index (Phi) is 13.5. The predicted octanol–water partition coefficient (Wildman–Crippen LogP) is 7.84. The maximum absolute atomic E-state index is 13.7. The number of Topliss-reactive ketones (excluding diaryl/α,β-unsaturated/α-hetero) is 1. The molecule has 294 valence electrons. The number of fused-ring (bicyclic) bond motifs is 2. The fraction of sp³-hybridized carbons (Fsp3) is 0.404. The zero-order valence-electron chi connectivity index (χ0n) is 32.4. The SMILES string of the molecule is CC(O)CCCCC1(C=CC(=O)CCc2ccc(O)c(OCCc3ccc(O)c(C4CC(=O)c5cc[nH]c5CC#Cc5cc(C(N)N)ccc54)c3)c2)CCCC1. The van der Waals surface area contributed by atoms with Gasteiger partial charge in [0.25, 0.3) is 0 Å². The fourth-order valence-electron chi connectivity index (χ4n) is 8.18. The van der Waals surface area contributed by atoms with Gasteiger partial charge in [-0.15, -0.1) is 0 Å². The van der Waals surface area contributed by atoms with Crippen molar-refractivity contribution in [2.75, 3.05) is 6.61 Å². The van der Waals surface area contributed by atoms with Gasteiger partial charge < -0.3 is 36.5 Å². The number of carbonyl (C=O) groups is 2. The van der Waals surface area contributed by atoms with Crippen LogP contribution >= 0.6 is 0 Å². The second-order valence-corrected chi connectivity index (χ2v) is 15.7. The Balaban J connectivity index is 1.11. The van der Waals surface area contributed by atoms with Gasteiger partial charge in [0.15, 0.2) is 23.1 Å². The van der Waals surface area contributed by atoms with Crippen molar-refractivity contribution < 1.29 is 29.6 Å². The number of hydrogen-bond donors (Lipinski definition) is 6. The minimum absolute atomic E-state index is 0.0172. The van der Waals surface area contributed by atoms with Crippen LogP contribution in [0.3, 0.4) is 0 Å². The van der Waals surface area contributed by atoms with Crippen LogP contribution in [-0.4, -0.2) is 44.6 Å². The molecule has 1 aromatic heterocycles. The van der Waals surface area contributed by atoms with Crippen LogP contribution in [0.2, 0.25) is 0 Å². The highest BCUT2D eigenvalue weighted by Gasteiger charge is 2.31. The van der Waals surface area contributed by atoms with Gasteiger partial charge in [0, 0.05) is 53.8 Å². The monoisotopic (exact) mass is 757 g/mol. The van der Waals surface area contributed by atoms with Crippen molar-refractivity contribution in [2.24, 2.45) is 16.9 Å². The Hall–Kier alpha value is -5.14. The number of aromatic amines is 1. The Morgan fingerprint density at radius 1 is 0.982 bits per heavy atom. The van der Waals surface area contributed by atoms with E-state index in [1.54, 1.807) is 36.5 Å². The smallest absolute Gasteiger partial charge is 0.165 e. The topological polar surface area (TPSA) is 172 Å². The van der Waals surface area contributed by atoms with Crippen LogP contribution in [-0.2, 0) is 24.1 Å². The number of nitrogens with one attached hydrogen (secondary N) is 1. The lowest BCUT2D eigenvalue weighted by atomic mass is 9.80. The van der Waals surface area contributed by atoms with E-state index in [2.05, 4.69) is 22.9 Å². The van der Waals surface area contributed by atoms with Gasteiger partial charge in [-0.1, -0.05) is 73.9 Å². The highest BCUT2D eigenvalue weighted by atomic mass is 16.5. The van der Waals surface area contributed by atoms with Crippen molar-refractivity contribution in [1.29, 1.82) is 0 Å². The lowest BCUT2D eigenvalue weighted by Gasteiger charge is -2.25. The molecular weight excluding hydrogens is 703 g/mol. The Bertz CT molecular complexity index is 2100. The number of H-pyrrole nitrogens is 1. The summed E-state index contributed by atoms with van der Waals surface area (Å²) in [5, 5.41) is 31.4. The van der Waals surface area contributed by atoms with Crippen molar-refractivity contribution >= 4 is 11.6 Å². The Morgan fingerprint density at radius 3 is 2.52 bits per heavy atom. The summed E-state index contributed by atoms with van der Waals surface area (Å²) < 4.78 is 6.07. The molecule has 8 N–H and O–H groups in total. The number of rotatable bonds is 16. The van der Waals surface area contributed by atoms with Gasteiger partial charge in [-0.2, -0.15) is 0 Å². The molecule has 4 aromatic rings. The first-order valence-corrected chi connectivity index (χ1v) is 20.0. The number of phenolic OH excluding ortho intramolecular Hbond substituents is 2. The normalized spacial score (nSPS) is 16.9. The zero-order chi connectivity index (χ0) is 39.7. The summed E-state index contributed by atoms with van der Waals surface area (Å²) >= 11 is 0. The van der Waals surface area contributed by atoms with Gasteiger partial charge in [-0.05, 0) is 103 Å². The number of aryl methyl sites for hydroxylation is 1. The zero-order valence-corrected chi connectivity index (χ0v) is 32.4. The van der Waals surface area contributed by atoms with E-state index in [1.807, 2.05) is 43.3 Å². The van der Waals surface area contributed by atoms with Crippen LogP contribution in [0.25, 0.3) is 0 Å². The second-order valence-electron chi connectivity index (χ2n) is 15.7. The van der Waals surface area contributed by atoms with E-state index >= 15 is 0 Å². The van der Waals surface area contributed by atoms with E-state index in [0.717, 1.165) is 66.5 Å². The number of unbranched alkanes of at least 4 members (excludes halogenated alkanes) is 1. The van der Waals surface area contributed by atoms with Crippen LogP contribution in [0, 0.1) is 17.3 Å². The van der Waals surface area contributed by atoms with Gasteiger partial charge in [0.1, 0.15) is 5.75 Å². The number of aliphatic hydroxyl groups excluding tert-OH is 1. The Labute approximate surface area is 330 Å². The van der Waals surface area contributed by atoms with E-state index < -0.39 is 12.1 Å². The van der Waals surface area contributed by atoms with Gasteiger partial charge >= 0.3 is 0 Å². The van der Waals surface area contributed by atoms with E-state index in [9.17, 15) is 24.9 Å². The van der Waals surface area contributed by atoms with Crippen molar-refractivity contribution in [1.82, 2.24) is 4.98 Å². The number of aromatic hydroxyl groups is 2. The molecule has 0 amide bonds. The Morgan fingerprint density at radius 2 is 1.75 bits per heavy atom. The van der Waals surface area contributed by atoms with E-state index in [4.69, 9.17) is 16.2 Å². The first kappa shape index (κ1) is 40.5. The number of hydrogen-bond acceptors (Lipinski definition) is 8. The molecule has 1 heterocycles.